The Bertz CT molecular complexity index is 516. The van der Waals surface area contributed by atoms with Crippen molar-refractivity contribution in [2.45, 2.75) is 135 Å². The first-order valence-electron chi connectivity index (χ1n) is 11.8. The van der Waals surface area contributed by atoms with E-state index in [2.05, 4.69) is 6.92 Å². The minimum atomic E-state index is -2.89. The fourth-order valence-electron chi connectivity index (χ4n) is 3.59. The number of rotatable bonds is 20. The van der Waals surface area contributed by atoms with Crippen LogP contribution in [0.5, 0.6) is 0 Å². The van der Waals surface area contributed by atoms with Crippen LogP contribution < -0.4 is 34.7 Å². The number of carbonyl (C=O) groups excluding carboxylic acids is 3. The van der Waals surface area contributed by atoms with Crippen LogP contribution in [0.15, 0.2) is 0 Å². The summed E-state index contributed by atoms with van der Waals surface area (Å²) in [4.78, 5) is 34.9. The second-order valence-electron chi connectivity index (χ2n) is 8.88. The Morgan fingerprint density at radius 1 is 0.645 bits per heavy atom. The van der Waals surface area contributed by atoms with Gasteiger partial charge >= 0.3 is 29.6 Å². The van der Waals surface area contributed by atoms with Crippen LogP contribution >= 0.6 is 0 Å². The Labute approximate surface area is 210 Å². The molecule has 2 atom stereocenters. The van der Waals surface area contributed by atoms with Crippen LogP contribution in [-0.4, -0.2) is 39.0 Å². The SMILES string of the molecule is CCCCCCCCCCCCCCCCCC(=O)C(C)(O)C(=O)C(C)(O)C(=O)[O-].[Na+]. The number of carbonyl (C=O) groups is 3. The number of ketones is 2. The molecule has 0 spiro atoms. The molecule has 0 aliphatic rings. The molecule has 2 unspecified atom stereocenters. The standard InChI is InChI=1S/C24H44O6.Na/c1-4-5-6-7-8-9-10-11-12-13-14-15-16-17-18-19-20(25)23(2,29)21(26)24(3,30)22(27)28;/h29-30H,4-19H2,1-3H3,(H,27,28);/q;+1/p-1. The van der Waals surface area contributed by atoms with Gasteiger partial charge in [-0.3, -0.25) is 9.59 Å². The summed E-state index contributed by atoms with van der Waals surface area (Å²) in [7, 11) is 0. The molecule has 0 saturated heterocycles. The number of Topliss-reactive ketones (excluding diaryl/α,β-unsaturated/α-hetero) is 2. The van der Waals surface area contributed by atoms with Crippen LogP contribution in [-0.2, 0) is 14.4 Å². The van der Waals surface area contributed by atoms with Gasteiger partial charge in [-0.15, -0.1) is 0 Å². The zero-order valence-corrected chi connectivity index (χ0v) is 22.3. The van der Waals surface area contributed by atoms with E-state index in [9.17, 15) is 29.7 Å². The van der Waals surface area contributed by atoms with Crippen LogP contribution in [0, 0.1) is 0 Å². The van der Waals surface area contributed by atoms with Crippen molar-refractivity contribution in [1.29, 1.82) is 0 Å². The predicted molar refractivity (Wildman–Crippen MR) is 116 cm³/mol. The number of carboxylic acids is 1. The summed E-state index contributed by atoms with van der Waals surface area (Å²) in [5, 5.41) is 30.6. The zero-order valence-electron chi connectivity index (χ0n) is 20.3. The Balaban J connectivity index is 0. The number of aliphatic carboxylic acids is 1. The van der Waals surface area contributed by atoms with Crippen molar-refractivity contribution in [3.63, 3.8) is 0 Å². The normalized spacial score (nSPS) is 14.9. The summed E-state index contributed by atoms with van der Waals surface area (Å²) >= 11 is 0. The quantitative estimate of drug-likeness (QED) is 0.160. The fourth-order valence-corrected chi connectivity index (χ4v) is 3.59. The molecular weight excluding hydrogens is 407 g/mol. The van der Waals surface area contributed by atoms with Gasteiger partial charge in [0.2, 0.25) is 5.78 Å². The van der Waals surface area contributed by atoms with E-state index in [0.717, 1.165) is 26.2 Å². The average Bonchev–Trinajstić information content (AvgIpc) is 2.69. The molecule has 6 nitrogen and oxygen atoms in total. The van der Waals surface area contributed by atoms with Gasteiger partial charge in [-0.1, -0.05) is 96.8 Å². The summed E-state index contributed by atoms with van der Waals surface area (Å²) in [5.41, 5.74) is -5.42. The maximum Gasteiger partial charge on any atom is 1.00 e. The number of hydrogen-bond donors (Lipinski definition) is 2. The van der Waals surface area contributed by atoms with Crippen LogP contribution in [0.25, 0.3) is 0 Å². The molecule has 0 fully saturated rings. The Hall–Kier alpha value is -0.270. The van der Waals surface area contributed by atoms with E-state index < -0.39 is 28.7 Å². The van der Waals surface area contributed by atoms with Crippen molar-refractivity contribution in [2.24, 2.45) is 0 Å². The van der Waals surface area contributed by atoms with Gasteiger partial charge in [-0.2, -0.15) is 0 Å². The van der Waals surface area contributed by atoms with Gasteiger partial charge in [0.1, 0.15) is 0 Å². The third-order valence-corrected chi connectivity index (χ3v) is 5.83. The molecular formula is C24H43NaO6. The number of hydrogen-bond acceptors (Lipinski definition) is 6. The summed E-state index contributed by atoms with van der Waals surface area (Å²) in [6.45, 7) is 3.88. The summed E-state index contributed by atoms with van der Waals surface area (Å²) < 4.78 is 0. The molecule has 2 N–H and O–H groups in total. The maximum atomic E-state index is 12.1. The first kappa shape index (κ1) is 32.9. The van der Waals surface area contributed by atoms with Crippen LogP contribution in [0.4, 0.5) is 0 Å². The van der Waals surface area contributed by atoms with Gasteiger partial charge in [-0.05, 0) is 20.3 Å². The average molecular weight is 451 g/mol. The number of unbranched alkanes of at least 4 members (excludes halogenated alkanes) is 14. The molecule has 0 radical (unpaired) electrons. The Morgan fingerprint density at radius 2 is 0.968 bits per heavy atom. The molecule has 0 saturated carbocycles. The predicted octanol–water partition coefficient (Wildman–Crippen LogP) is 0.642. The van der Waals surface area contributed by atoms with Gasteiger partial charge in [0, 0.05) is 6.42 Å². The summed E-state index contributed by atoms with van der Waals surface area (Å²) in [6, 6.07) is 0. The van der Waals surface area contributed by atoms with E-state index in [1.165, 1.54) is 70.6 Å². The Kier molecular flexibility index (Phi) is 19.3. The first-order chi connectivity index (χ1) is 14.1. The third-order valence-electron chi connectivity index (χ3n) is 5.83. The second kappa shape index (κ2) is 18.2. The molecule has 0 amide bonds. The molecule has 0 aliphatic carbocycles. The van der Waals surface area contributed by atoms with Gasteiger partial charge in [0.05, 0.1) is 5.97 Å². The Morgan fingerprint density at radius 3 is 1.29 bits per heavy atom. The van der Waals surface area contributed by atoms with Gasteiger partial charge in [0.25, 0.3) is 0 Å². The van der Waals surface area contributed by atoms with Crippen molar-refractivity contribution in [2.75, 3.05) is 0 Å². The molecule has 7 heteroatoms. The molecule has 0 aromatic rings. The van der Waals surface area contributed by atoms with E-state index >= 15 is 0 Å². The minimum absolute atomic E-state index is 0. The van der Waals surface area contributed by atoms with E-state index in [1.54, 1.807) is 0 Å². The smallest absolute Gasteiger partial charge is 0.547 e. The van der Waals surface area contributed by atoms with Gasteiger partial charge in [0.15, 0.2) is 17.0 Å². The maximum absolute atomic E-state index is 12.1. The van der Waals surface area contributed by atoms with Crippen molar-refractivity contribution in [3.05, 3.63) is 0 Å². The molecule has 176 valence electrons. The molecule has 0 aromatic carbocycles. The molecule has 31 heavy (non-hydrogen) atoms. The van der Waals surface area contributed by atoms with E-state index in [-0.39, 0.29) is 36.0 Å². The molecule has 0 bridgehead atoms. The van der Waals surface area contributed by atoms with Crippen molar-refractivity contribution >= 4 is 17.5 Å². The van der Waals surface area contributed by atoms with Gasteiger partial charge in [-0.25, -0.2) is 0 Å². The van der Waals surface area contributed by atoms with Crippen molar-refractivity contribution in [3.8, 4) is 0 Å². The molecule has 0 heterocycles. The van der Waals surface area contributed by atoms with E-state index in [1.807, 2.05) is 0 Å². The summed E-state index contributed by atoms with van der Waals surface area (Å²) in [5.74, 6) is -4.27. The molecule has 0 aromatic heterocycles. The van der Waals surface area contributed by atoms with E-state index in [0.29, 0.717) is 13.3 Å². The first-order valence-corrected chi connectivity index (χ1v) is 11.8. The number of aliphatic hydroxyl groups is 2. The largest absolute Gasteiger partial charge is 1.00 e. The van der Waals surface area contributed by atoms with Crippen molar-refractivity contribution < 1.29 is 59.3 Å². The van der Waals surface area contributed by atoms with Crippen LogP contribution in [0.3, 0.4) is 0 Å². The van der Waals surface area contributed by atoms with Crippen molar-refractivity contribution in [1.82, 2.24) is 0 Å². The molecule has 0 rings (SSSR count). The van der Waals surface area contributed by atoms with Gasteiger partial charge < -0.3 is 20.1 Å². The molecule has 0 aliphatic heterocycles. The van der Waals surface area contributed by atoms with Crippen LogP contribution in [0.1, 0.15) is 124 Å². The second-order valence-corrected chi connectivity index (χ2v) is 8.88. The number of carboxylic acid groups (broad SMARTS) is 1. The third kappa shape index (κ3) is 13.8. The fraction of sp³-hybridized carbons (Fsp3) is 0.875. The zero-order chi connectivity index (χ0) is 23.0. The monoisotopic (exact) mass is 450 g/mol. The van der Waals surface area contributed by atoms with E-state index in [4.69, 9.17) is 0 Å². The summed E-state index contributed by atoms with van der Waals surface area (Å²) in [6.07, 6.45) is 17.8. The minimum Gasteiger partial charge on any atom is -0.547 e. The van der Waals surface area contributed by atoms with Crippen LogP contribution in [0.2, 0.25) is 0 Å². The topological polar surface area (TPSA) is 115 Å².